The highest BCUT2D eigenvalue weighted by molar-refractivity contribution is 7.90. The maximum Gasteiger partial charge on any atom is 0.406 e. The summed E-state index contributed by atoms with van der Waals surface area (Å²) in [6, 6.07) is 7.09. The van der Waals surface area contributed by atoms with Crippen molar-refractivity contribution in [3.8, 4) is 17.6 Å². The van der Waals surface area contributed by atoms with Gasteiger partial charge in [-0.3, -0.25) is 4.79 Å². The summed E-state index contributed by atoms with van der Waals surface area (Å²) in [4.78, 5) is 17.8. The Morgan fingerprint density at radius 2 is 1.98 bits per heavy atom. The van der Waals surface area contributed by atoms with Crippen molar-refractivity contribution in [2.75, 3.05) is 45.4 Å². The van der Waals surface area contributed by atoms with Crippen LogP contribution in [0.4, 0.5) is 23.2 Å². The first kappa shape index (κ1) is 32.7. The minimum Gasteiger partial charge on any atom is -0.495 e. The van der Waals surface area contributed by atoms with Crippen LogP contribution in [0.15, 0.2) is 41.6 Å². The van der Waals surface area contributed by atoms with E-state index in [9.17, 15) is 30.8 Å². The van der Waals surface area contributed by atoms with Gasteiger partial charge in [-0.25, -0.2) is 17.8 Å². The molecule has 1 aliphatic rings. The minimum absolute atomic E-state index is 0.0382. The second kappa shape index (κ2) is 13.0. The van der Waals surface area contributed by atoms with E-state index >= 15 is 0 Å². The summed E-state index contributed by atoms with van der Waals surface area (Å²) in [5.41, 5.74) is 5.32. The zero-order valence-electron chi connectivity index (χ0n) is 23.7. The standard InChI is InChI=1S/C21H19F3N4O4S.C7H14FN/c1-32-18-10-14(33(2,30)31)5-6-16(18)26-7-3-4-13-8-15(20(25)29)19-17(9-13)28(12-27-19)11-21(22,23)24;1-7(8)4-3-5-9(2)6-7/h5-6,8-10,12,26H,7,11H2,1-2H3,(H2,25,29);3-6H2,1-2H3. The molecule has 1 atom stereocenters. The number of rotatable bonds is 6. The van der Waals surface area contributed by atoms with Crippen LogP contribution in [-0.4, -0.2) is 80.7 Å². The quantitative estimate of drug-likeness (QED) is 0.319. The van der Waals surface area contributed by atoms with Gasteiger partial charge < -0.3 is 25.3 Å². The second-order valence-electron chi connectivity index (χ2n) is 10.3. The van der Waals surface area contributed by atoms with Crippen molar-refractivity contribution in [1.29, 1.82) is 0 Å². The lowest BCUT2D eigenvalue weighted by Crippen LogP contribution is -2.40. The molecule has 3 N–H and O–H groups in total. The number of hydrogen-bond acceptors (Lipinski definition) is 7. The molecule has 0 bridgehead atoms. The Balaban J connectivity index is 0.000000458. The molecule has 14 heteroatoms. The number of benzene rings is 2. The van der Waals surface area contributed by atoms with Gasteiger partial charge in [0.2, 0.25) is 0 Å². The fourth-order valence-corrected chi connectivity index (χ4v) is 5.15. The summed E-state index contributed by atoms with van der Waals surface area (Å²) >= 11 is 0. The van der Waals surface area contributed by atoms with Crippen LogP contribution in [0.5, 0.6) is 5.75 Å². The van der Waals surface area contributed by atoms with Crippen molar-refractivity contribution in [3.63, 3.8) is 0 Å². The zero-order valence-corrected chi connectivity index (χ0v) is 24.5. The summed E-state index contributed by atoms with van der Waals surface area (Å²) in [5, 5.41) is 2.97. The Kier molecular flexibility index (Phi) is 10.1. The third-order valence-corrected chi connectivity index (χ3v) is 7.49. The smallest absolute Gasteiger partial charge is 0.406 e. The van der Waals surface area contributed by atoms with Crippen LogP contribution in [0.1, 0.15) is 35.7 Å². The molecule has 1 unspecified atom stereocenters. The van der Waals surface area contributed by atoms with Crippen molar-refractivity contribution in [1.82, 2.24) is 14.5 Å². The number of nitrogens with zero attached hydrogens (tertiary/aromatic N) is 3. The van der Waals surface area contributed by atoms with Crippen molar-refractivity contribution in [3.05, 3.63) is 47.8 Å². The molecule has 1 saturated heterocycles. The number of nitrogens with one attached hydrogen (secondary N) is 1. The highest BCUT2D eigenvalue weighted by Crippen LogP contribution is 2.28. The van der Waals surface area contributed by atoms with E-state index in [1.165, 1.54) is 37.4 Å². The number of piperidine rings is 1. The normalized spacial score (nSPS) is 17.5. The number of sulfone groups is 1. The van der Waals surface area contributed by atoms with E-state index in [2.05, 4.69) is 22.1 Å². The number of aromatic nitrogens is 2. The van der Waals surface area contributed by atoms with Crippen molar-refractivity contribution in [2.24, 2.45) is 5.73 Å². The van der Waals surface area contributed by atoms with E-state index in [4.69, 9.17) is 10.5 Å². The topological polar surface area (TPSA) is 120 Å². The summed E-state index contributed by atoms with van der Waals surface area (Å²) < 4.78 is 81.1. The Bertz CT molecular complexity index is 1610. The van der Waals surface area contributed by atoms with Crippen LogP contribution in [0.2, 0.25) is 0 Å². The van der Waals surface area contributed by atoms with Crippen LogP contribution in [0, 0.1) is 11.8 Å². The van der Waals surface area contributed by atoms with Gasteiger partial charge in [-0.05, 0) is 57.6 Å². The number of nitrogens with two attached hydrogens (primary N) is 1. The van der Waals surface area contributed by atoms with Gasteiger partial charge in [0.25, 0.3) is 5.91 Å². The summed E-state index contributed by atoms with van der Waals surface area (Å²) in [7, 11) is -0.0427. The largest absolute Gasteiger partial charge is 0.495 e. The lowest BCUT2D eigenvalue weighted by molar-refractivity contribution is -0.139. The molecule has 42 heavy (non-hydrogen) atoms. The van der Waals surface area contributed by atoms with Gasteiger partial charge >= 0.3 is 6.18 Å². The SMILES string of the molecule is CN1CCCC(C)(F)C1.COc1cc(S(C)(=O)=O)ccc1NCC#Cc1cc(C(N)=O)c2ncn(CC(F)(F)F)c2c1. The first-order valence-electron chi connectivity index (χ1n) is 12.8. The monoisotopic (exact) mass is 611 g/mol. The molecular weight excluding hydrogens is 578 g/mol. The minimum atomic E-state index is -4.47. The van der Waals surface area contributed by atoms with Gasteiger partial charge in [-0.1, -0.05) is 11.8 Å². The number of carbonyl (C=O) groups is 1. The number of anilines is 1. The van der Waals surface area contributed by atoms with Crippen molar-refractivity contribution >= 4 is 32.5 Å². The van der Waals surface area contributed by atoms with Gasteiger partial charge in [0, 0.05) is 24.4 Å². The molecule has 2 heterocycles. The molecule has 0 saturated carbocycles. The van der Waals surface area contributed by atoms with Crippen LogP contribution in [0.25, 0.3) is 11.0 Å². The number of methoxy groups -OCH3 is 1. The van der Waals surface area contributed by atoms with Gasteiger partial charge in [0.15, 0.2) is 9.84 Å². The molecule has 3 aromatic rings. The molecule has 228 valence electrons. The number of alkyl halides is 4. The van der Waals surface area contributed by atoms with Crippen molar-refractivity contribution < 1.29 is 35.5 Å². The zero-order chi connectivity index (χ0) is 31.3. The number of likely N-dealkylation sites (tertiary alicyclic amines) is 1. The van der Waals surface area contributed by atoms with E-state index < -0.39 is 34.1 Å². The average molecular weight is 612 g/mol. The number of halogens is 4. The van der Waals surface area contributed by atoms with Crippen LogP contribution in [-0.2, 0) is 16.4 Å². The number of fused-ring (bicyclic) bond motifs is 1. The van der Waals surface area contributed by atoms with E-state index in [1.807, 2.05) is 11.9 Å². The summed E-state index contributed by atoms with van der Waals surface area (Å²) in [5.74, 6) is 5.04. The fraction of sp³-hybridized carbons (Fsp3) is 0.429. The first-order valence-corrected chi connectivity index (χ1v) is 14.7. The molecule has 1 aromatic heterocycles. The lowest BCUT2D eigenvalue weighted by atomic mass is 9.98. The van der Waals surface area contributed by atoms with Crippen LogP contribution < -0.4 is 15.8 Å². The summed E-state index contributed by atoms with van der Waals surface area (Å²) in [6.07, 6.45) is -0.660. The van der Waals surface area contributed by atoms with E-state index in [0.29, 0.717) is 18.0 Å². The lowest BCUT2D eigenvalue weighted by Gasteiger charge is -2.32. The third-order valence-electron chi connectivity index (χ3n) is 6.38. The number of hydrogen-bond donors (Lipinski definition) is 2. The van der Waals surface area contributed by atoms with Gasteiger partial charge in [0.05, 0.1) is 41.6 Å². The predicted octanol–water partition coefficient (Wildman–Crippen LogP) is 4.01. The molecule has 4 rings (SSSR count). The van der Waals surface area contributed by atoms with Crippen LogP contribution in [0.3, 0.4) is 0 Å². The maximum absolute atomic E-state index is 13.1. The van der Waals surface area contributed by atoms with Gasteiger partial charge in [-0.15, -0.1) is 0 Å². The molecule has 1 fully saturated rings. The molecule has 0 spiro atoms. The molecule has 9 nitrogen and oxygen atoms in total. The fourth-order valence-electron chi connectivity index (χ4n) is 4.51. The molecule has 0 aliphatic carbocycles. The highest BCUT2D eigenvalue weighted by atomic mass is 32.2. The van der Waals surface area contributed by atoms with Crippen molar-refractivity contribution in [2.45, 2.75) is 43.1 Å². The molecular formula is C28H33F4N5O4S. The van der Waals surface area contributed by atoms with E-state index in [-0.39, 0.29) is 33.6 Å². The number of primary amides is 1. The Morgan fingerprint density at radius 1 is 1.26 bits per heavy atom. The number of ether oxygens (including phenoxy) is 1. The first-order chi connectivity index (χ1) is 19.5. The Labute approximate surface area is 241 Å². The maximum atomic E-state index is 13.1. The molecule has 1 amide bonds. The number of carbonyl (C=O) groups excluding carboxylic acids is 1. The highest BCUT2D eigenvalue weighted by Gasteiger charge is 2.29. The predicted molar refractivity (Wildman–Crippen MR) is 152 cm³/mol. The second-order valence-corrected chi connectivity index (χ2v) is 12.3. The van der Waals surface area contributed by atoms with Crippen LogP contribution >= 0.6 is 0 Å². The third kappa shape index (κ3) is 9.09. The Morgan fingerprint density at radius 3 is 2.52 bits per heavy atom. The Hall–Kier alpha value is -3.83. The average Bonchev–Trinajstić information content (AvgIpc) is 3.26. The van der Waals surface area contributed by atoms with Gasteiger partial charge in [-0.2, -0.15) is 13.2 Å². The molecule has 0 radical (unpaired) electrons. The van der Waals surface area contributed by atoms with Gasteiger partial charge in [0.1, 0.15) is 23.5 Å². The number of imidazole rings is 1. The summed E-state index contributed by atoms with van der Waals surface area (Å²) in [6.45, 7) is 2.17. The molecule has 2 aromatic carbocycles. The van der Waals surface area contributed by atoms with E-state index in [0.717, 1.165) is 36.5 Å². The number of amides is 1. The molecule has 1 aliphatic heterocycles. The van der Waals surface area contributed by atoms with E-state index in [1.54, 1.807) is 6.92 Å².